The number of para-hydroxylation sites is 1. The van der Waals surface area contributed by atoms with Crippen molar-refractivity contribution in [2.45, 2.75) is 6.92 Å². The van der Waals surface area contributed by atoms with Gasteiger partial charge in [-0.1, -0.05) is 18.2 Å². The molecule has 0 unspecified atom stereocenters. The molecule has 0 amide bonds. The zero-order valence-corrected chi connectivity index (χ0v) is 9.75. The van der Waals surface area contributed by atoms with Crippen molar-refractivity contribution in [1.82, 2.24) is 9.97 Å². The molecule has 0 bridgehead atoms. The van der Waals surface area contributed by atoms with Gasteiger partial charge in [-0.3, -0.25) is 4.79 Å². The minimum atomic E-state index is -0.148. The first-order chi connectivity index (χ1) is 8.75. The van der Waals surface area contributed by atoms with Crippen LogP contribution in [0.3, 0.4) is 0 Å². The molecule has 88 valence electrons. The summed E-state index contributed by atoms with van der Waals surface area (Å²) in [4.78, 5) is 19.5. The summed E-state index contributed by atoms with van der Waals surface area (Å²) in [7, 11) is 0. The third kappa shape index (κ3) is 1.68. The van der Waals surface area contributed by atoms with E-state index in [1.54, 1.807) is 18.5 Å². The normalized spacial score (nSPS) is 10.7. The van der Waals surface area contributed by atoms with Crippen LogP contribution >= 0.6 is 0 Å². The quantitative estimate of drug-likeness (QED) is 0.644. The van der Waals surface area contributed by atoms with E-state index in [0.717, 1.165) is 16.5 Å². The molecule has 18 heavy (non-hydrogen) atoms. The van der Waals surface area contributed by atoms with Crippen LogP contribution in [-0.2, 0) is 0 Å². The van der Waals surface area contributed by atoms with Crippen molar-refractivity contribution in [2.75, 3.05) is 0 Å². The minimum absolute atomic E-state index is 0.148. The molecule has 0 atom stereocenters. The second-order valence-electron chi connectivity index (χ2n) is 3.97. The fourth-order valence-electron chi connectivity index (χ4n) is 1.85. The lowest BCUT2D eigenvalue weighted by Gasteiger charge is -1.99. The standard InChI is InChI=1S/C14H10N2O2/c1-9(17)14-15-7-6-12(16-14)11-8-18-13-5-3-2-4-10(11)13/h2-8H,1H3. The minimum Gasteiger partial charge on any atom is -0.464 e. The average Bonchev–Trinajstić information content (AvgIpc) is 2.82. The predicted molar refractivity (Wildman–Crippen MR) is 67.2 cm³/mol. The molecule has 2 heterocycles. The molecule has 1 aromatic carbocycles. The number of ketones is 1. The fourth-order valence-corrected chi connectivity index (χ4v) is 1.85. The number of nitrogens with zero attached hydrogens (tertiary/aromatic N) is 2. The van der Waals surface area contributed by atoms with E-state index in [2.05, 4.69) is 9.97 Å². The molecule has 0 aliphatic carbocycles. The Labute approximate surface area is 103 Å². The summed E-state index contributed by atoms with van der Waals surface area (Å²) >= 11 is 0. The molecule has 4 nitrogen and oxygen atoms in total. The van der Waals surface area contributed by atoms with Crippen LogP contribution in [0.15, 0.2) is 47.2 Å². The fraction of sp³-hybridized carbons (Fsp3) is 0.0714. The summed E-state index contributed by atoms with van der Waals surface area (Å²) < 4.78 is 5.46. The predicted octanol–water partition coefficient (Wildman–Crippen LogP) is 3.09. The molecule has 0 aliphatic rings. The van der Waals surface area contributed by atoms with Crippen LogP contribution < -0.4 is 0 Å². The highest BCUT2D eigenvalue weighted by molar-refractivity contribution is 5.94. The highest BCUT2D eigenvalue weighted by Gasteiger charge is 2.11. The largest absolute Gasteiger partial charge is 0.464 e. The van der Waals surface area contributed by atoms with Crippen molar-refractivity contribution >= 4 is 16.8 Å². The van der Waals surface area contributed by atoms with Crippen LogP contribution in [0.5, 0.6) is 0 Å². The van der Waals surface area contributed by atoms with Gasteiger partial charge in [-0.2, -0.15) is 0 Å². The van der Waals surface area contributed by atoms with Crippen molar-refractivity contribution < 1.29 is 9.21 Å². The van der Waals surface area contributed by atoms with Crippen molar-refractivity contribution in [3.05, 3.63) is 48.6 Å². The molecule has 2 aromatic heterocycles. The van der Waals surface area contributed by atoms with E-state index in [0.29, 0.717) is 5.69 Å². The molecule has 0 saturated carbocycles. The summed E-state index contributed by atoms with van der Waals surface area (Å²) in [6.07, 6.45) is 3.23. The van der Waals surface area contributed by atoms with E-state index in [9.17, 15) is 4.79 Å². The molecule has 3 rings (SSSR count). The number of hydrogen-bond donors (Lipinski definition) is 0. The second kappa shape index (κ2) is 4.07. The van der Waals surface area contributed by atoms with Crippen LogP contribution in [0.25, 0.3) is 22.2 Å². The number of benzene rings is 1. The van der Waals surface area contributed by atoms with E-state index in [4.69, 9.17) is 4.42 Å². The molecule has 3 aromatic rings. The maximum atomic E-state index is 11.3. The number of rotatable bonds is 2. The van der Waals surface area contributed by atoms with Crippen LogP contribution in [0.1, 0.15) is 17.5 Å². The maximum absolute atomic E-state index is 11.3. The summed E-state index contributed by atoms with van der Waals surface area (Å²) in [5.41, 5.74) is 2.37. The zero-order chi connectivity index (χ0) is 12.5. The van der Waals surface area contributed by atoms with Crippen molar-refractivity contribution in [2.24, 2.45) is 0 Å². The smallest absolute Gasteiger partial charge is 0.196 e. The van der Waals surface area contributed by atoms with Crippen molar-refractivity contribution in [3.63, 3.8) is 0 Å². The first-order valence-electron chi connectivity index (χ1n) is 5.56. The van der Waals surface area contributed by atoms with E-state index < -0.39 is 0 Å². The van der Waals surface area contributed by atoms with E-state index in [1.807, 2.05) is 24.3 Å². The van der Waals surface area contributed by atoms with Gasteiger partial charge in [-0.15, -0.1) is 0 Å². The molecular formula is C14H10N2O2. The molecule has 0 radical (unpaired) electrons. The van der Waals surface area contributed by atoms with Gasteiger partial charge in [-0.05, 0) is 12.1 Å². The summed E-state index contributed by atoms with van der Waals surface area (Å²) in [6, 6.07) is 9.48. The third-order valence-electron chi connectivity index (χ3n) is 2.73. The van der Waals surface area contributed by atoms with E-state index in [1.165, 1.54) is 6.92 Å². The number of Topliss-reactive ketones (excluding diaryl/α,β-unsaturated/α-hetero) is 1. The van der Waals surface area contributed by atoms with Gasteiger partial charge >= 0.3 is 0 Å². The van der Waals surface area contributed by atoms with Crippen molar-refractivity contribution in [3.8, 4) is 11.3 Å². The first kappa shape index (κ1) is 10.7. The number of hydrogen-bond acceptors (Lipinski definition) is 4. The summed E-state index contributed by atoms with van der Waals surface area (Å²) in [6.45, 7) is 1.45. The van der Waals surface area contributed by atoms with Gasteiger partial charge in [0.15, 0.2) is 11.6 Å². The Morgan fingerprint density at radius 2 is 2.06 bits per heavy atom. The Bertz CT molecular complexity index is 731. The van der Waals surface area contributed by atoms with Gasteiger partial charge in [-0.25, -0.2) is 9.97 Å². The highest BCUT2D eigenvalue weighted by atomic mass is 16.3. The van der Waals surface area contributed by atoms with Gasteiger partial charge in [0.05, 0.1) is 5.69 Å². The number of aromatic nitrogens is 2. The number of carbonyl (C=O) groups excluding carboxylic acids is 1. The SMILES string of the molecule is CC(=O)c1nccc(-c2coc3ccccc23)n1. The molecule has 0 aliphatic heterocycles. The highest BCUT2D eigenvalue weighted by Crippen LogP contribution is 2.28. The lowest BCUT2D eigenvalue weighted by molar-refractivity contribution is 0.100. The number of fused-ring (bicyclic) bond motifs is 1. The van der Waals surface area contributed by atoms with Crippen LogP contribution in [-0.4, -0.2) is 15.8 Å². The zero-order valence-electron chi connectivity index (χ0n) is 9.75. The molecule has 0 spiro atoms. The average molecular weight is 238 g/mol. The Balaban J connectivity index is 2.20. The summed E-state index contributed by atoms with van der Waals surface area (Å²) in [5, 5.41) is 0.978. The first-order valence-corrected chi connectivity index (χ1v) is 5.56. The topological polar surface area (TPSA) is 56.0 Å². The van der Waals surface area contributed by atoms with Crippen LogP contribution in [0.2, 0.25) is 0 Å². The van der Waals surface area contributed by atoms with Gasteiger partial charge in [0.25, 0.3) is 0 Å². The maximum Gasteiger partial charge on any atom is 0.196 e. The lowest BCUT2D eigenvalue weighted by Crippen LogP contribution is -2.01. The Kier molecular flexibility index (Phi) is 2.41. The third-order valence-corrected chi connectivity index (χ3v) is 2.73. The number of carbonyl (C=O) groups is 1. The van der Waals surface area contributed by atoms with Crippen molar-refractivity contribution in [1.29, 1.82) is 0 Å². The van der Waals surface area contributed by atoms with Gasteiger partial charge in [0, 0.05) is 24.1 Å². The molecule has 0 saturated heterocycles. The molecule has 0 N–H and O–H groups in total. The van der Waals surface area contributed by atoms with Gasteiger partial charge in [0.1, 0.15) is 11.8 Å². The van der Waals surface area contributed by atoms with Crippen LogP contribution in [0.4, 0.5) is 0 Å². The van der Waals surface area contributed by atoms with E-state index >= 15 is 0 Å². The van der Waals surface area contributed by atoms with Crippen LogP contribution in [0, 0.1) is 0 Å². The number of furan rings is 1. The van der Waals surface area contributed by atoms with Gasteiger partial charge in [0.2, 0.25) is 0 Å². The van der Waals surface area contributed by atoms with Gasteiger partial charge < -0.3 is 4.42 Å². The lowest BCUT2D eigenvalue weighted by atomic mass is 10.1. The Morgan fingerprint density at radius 3 is 2.89 bits per heavy atom. The second-order valence-corrected chi connectivity index (χ2v) is 3.97. The summed E-state index contributed by atoms with van der Waals surface area (Å²) in [5.74, 6) is 0.0717. The monoisotopic (exact) mass is 238 g/mol. The Morgan fingerprint density at radius 1 is 1.22 bits per heavy atom. The molecular weight excluding hydrogens is 228 g/mol. The molecule has 0 fully saturated rings. The van der Waals surface area contributed by atoms with E-state index in [-0.39, 0.29) is 11.6 Å². The molecule has 4 heteroatoms. The Hall–Kier alpha value is -2.49.